The summed E-state index contributed by atoms with van der Waals surface area (Å²) in [5.74, 6) is 0.133. The van der Waals surface area contributed by atoms with Crippen LogP contribution in [0.2, 0.25) is 0 Å². The van der Waals surface area contributed by atoms with E-state index in [1.54, 1.807) is 19.1 Å². The number of aromatic nitrogens is 2. The molecule has 2 aromatic carbocycles. The van der Waals surface area contributed by atoms with Crippen molar-refractivity contribution in [3.8, 4) is 0 Å². The molecule has 9 heteroatoms. The fraction of sp³-hybridized carbons (Fsp3) is 0.385. The molecule has 4 rings (SSSR count). The molecular weight excluding hydrogens is 444 g/mol. The molecule has 1 aliphatic heterocycles. The van der Waals surface area contributed by atoms with Crippen molar-refractivity contribution in [1.29, 1.82) is 0 Å². The SMILES string of the molecule is CCOC(=O)C(CCc1ccccc1)NC(=O)c1ccc2c(N3CCN(C)CC3)nc(N)nc2c1. The summed E-state index contributed by atoms with van der Waals surface area (Å²) in [4.78, 5) is 39.0. The van der Waals surface area contributed by atoms with Gasteiger partial charge in [0.2, 0.25) is 5.95 Å². The van der Waals surface area contributed by atoms with E-state index in [2.05, 4.69) is 32.1 Å². The summed E-state index contributed by atoms with van der Waals surface area (Å²) in [6, 6.07) is 14.4. The van der Waals surface area contributed by atoms with Gasteiger partial charge in [0.1, 0.15) is 11.9 Å². The number of hydrogen-bond acceptors (Lipinski definition) is 8. The van der Waals surface area contributed by atoms with E-state index in [4.69, 9.17) is 10.5 Å². The van der Waals surface area contributed by atoms with Crippen LogP contribution in [0.5, 0.6) is 0 Å². The average Bonchev–Trinajstić information content (AvgIpc) is 2.86. The van der Waals surface area contributed by atoms with Crippen LogP contribution < -0.4 is 16.0 Å². The zero-order valence-corrected chi connectivity index (χ0v) is 20.2. The molecule has 1 saturated heterocycles. The first-order valence-electron chi connectivity index (χ1n) is 12.0. The second-order valence-corrected chi connectivity index (χ2v) is 8.73. The second kappa shape index (κ2) is 11.1. The molecule has 0 aliphatic carbocycles. The number of carbonyl (C=O) groups is 2. The van der Waals surface area contributed by atoms with Gasteiger partial charge < -0.3 is 25.6 Å². The highest BCUT2D eigenvalue weighted by molar-refractivity contribution is 6.01. The Balaban J connectivity index is 1.53. The molecule has 0 saturated carbocycles. The maximum Gasteiger partial charge on any atom is 0.328 e. The van der Waals surface area contributed by atoms with Crippen molar-refractivity contribution in [2.24, 2.45) is 0 Å². The smallest absolute Gasteiger partial charge is 0.328 e. The van der Waals surface area contributed by atoms with Gasteiger partial charge in [-0.1, -0.05) is 30.3 Å². The normalized spacial score (nSPS) is 15.1. The third kappa shape index (κ3) is 6.05. The number of carbonyl (C=O) groups excluding carboxylic acids is 2. The molecular formula is C26H32N6O3. The third-order valence-corrected chi connectivity index (χ3v) is 6.20. The minimum Gasteiger partial charge on any atom is -0.464 e. The average molecular weight is 477 g/mol. The molecule has 2 heterocycles. The fourth-order valence-electron chi connectivity index (χ4n) is 4.22. The van der Waals surface area contributed by atoms with Crippen molar-refractivity contribution >= 4 is 34.5 Å². The van der Waals surface area contributed by atoms with Gasteiger partial charge in [0.15, 0.2) is 0 Å². The van der Waals surface area contributed by atoms with Crippen molar-refractivity contribution in [2.75, 3.05) is 50.5 Å². The standard InChI is InChI=1S/C26H32N6O3/c1-3-35-25(34)21(12-9-18-7-5-4-6-8-18)28-24(33)19-10-11-20-22(17-19)29-26(27)30-23(20)32-15-13-31(2)14-16-32/h4-8,10-11,17,21H,3,9,12-16H2,1-2H3,(H,28,33)(H2,27,29,30). The monoisotopic (exact) mass is 476 g/mol. The van der Waals surface area contributed by atoms with Gasteiger partial charge in [-0.3, -0.25) is 4.79 Å². The lowest BCUT2D eigenvalue weighted by molar-refractivity contribution is -0.145. The Morgan fingerprint density at radius 1 is 1.09 bits per heavy atom. The van der Waals surface area contributed by atoms with Crippen LogP contribution in [-0.4, -0.2) is 72.6 Å². The Bertz CT molecular complexity index is 1180. The number of rotatable bonds is 8. The van der Waals surface area contributed by atoms with E-state index in [9.17, 15) is 9.59 Å². The number of aryl methyl sites for hydroxylation is 1. The zero-order chi connectivity index (χ0) is 24.8. The Morgan fingerprint density at radius 2 is 1.83 bits per heavy atom. The minimum absolute atomic E-state index is 0.163. The number of likely N-dealkylation sites (N-methyl/N-ethyl adjacent to an activating group) is 1. The molecule has 35 heavy (non-hydrogen) atoms. The van der Waals surface area contributed by atoms with Gasteiger partial charge in [0.25, 0.3) is 5.91 Å². The summed E-state index contributed by atoms with van der Waals surface area (Å²) in [6.45, 7) is 5.55. The van der Waals surface area contributed by atoms with Crippen LogP contribution in [0.3, 0.4) is 0 Å². The van der Waals surface area contributed by atoms with Crippen molar-refractivity contribution in [3.63, 3.8) is 0 Å². The molecule has 9 nitrogen and oxygen atoms in total. The summed E-state index contributed by atoms with van der Waals surface area (Å²) in [5.41, 5.74) is 8.09. The molecule has 1 amide bonds. The van der Waals surface area contributed by atoms with Crippen LogP contribution in [0.4, 0.5) is 11.8 Å². The Morgan fingerprint density at radius 3 is 2.54 bits per heavy atom. The molecule has 0 bridgehead atoms. The van der Waals surface area contributed by atoms with E-state index in [1.807, 2.05) is 36.4 Å². The topological polar surface area (TPSA) is 114 Å². The first-order chi connectivity index (χ1) is 16.9. The number of nitrogens with zero attached hydrogens (tertiary/aromatic N) is 4. The van der Waals surface area contributed by atoms with Crippen LogP contribution >= 0.6 is 0 Å². The first-order valence-corrected chi connectivity index (χ1v) is 12.0. The van der Waals surface area contributed by atoms with Crippen LogP contribution in [0.1, 0.15) is 29.3 Å². The number of fused-ring (bicyclic) bond motifs is 1. The number of hydrogen-bond donors (Lipinski definition) is 2. The van der Waals surface area contributed by atoms with E-state index in [-0.39, 0.29) is 18.5 Å². The summed E-state index contributed by atoms with van der Waals surface area (Å²) in [7, 11) is 2.10. The maximum atomic E-state index is 13.1. The van der Waals surface area contributed by atoms with Crippen molar-refractivity contribution in [2.45, 2.75) is 25.8 Å². The van der Waals surface area contributed by atoms with Crippen molar-refractivity contribution in [3.05, 3.63) is 59.7 Å². The Hall–Kier alpha value is -3.72. The molecule has 3 aromatic rings. The summed E-state index contributed by atoms with van der Waals surface area (Å²) in [6.07, 6.45) is 1.07. The highest BCUT2D eigenvalue weighted by Crippen LogP contribution is 2.26. The van der Waals surface area contributed by atoms with Gasteiger partial charge in [-0.05, 0) is 50.6 Å². The molecule has 1 aromatic heterocycles. The van der Waals surface area contributed by atoms with E-state index in [0.29, 0.717) is 23.9 Å². The van der Waals surface area contributed by atoms with E-state index in [0.717, 1.165) is 42.9 Å². The number of amides is 1. The molecule has 184 valence electrons. The summed E-state index contributed by atoms with van der Waals surface area (Å²) < 4.78 is 5.21. The predicted octanol–water partition coefficient (Wildman–Crippen LogP) is 2.26. The molecule has 1 aliphatic rings. The predicted molar refractivity (Wildman–Crippen MR) is 136 cm³/mol. The molecule has 0 spiro atoms. The Labute approximate surface area is 205 Å². The molecule has 3 N–H and O–H groups in total. The van der Waals surface area contributed by atoms with Crippen LogP contribution in [0.25, 0.3) is 10.9 Å². The number of benzene rings is 2. The van der Waals surface area contributed by atoms with Gasteiger partial charge in [0.05, 0.1) is 12.1 Å². The highest BCUT2D eigenvalue weighted by Gasteiger charge is 2.24. The fourth-order valence-corrected chi connectivity index (χ4v) is 4.22. The second-order valence-electron chi connectivity index (χ2n) is 8.73. The molecule has 0 radical (unpaired) electrons. The van der Waals surface area contributed by atoms with E-state index < -0.39 is 12.0 Å². The number of nitrogen functional groups attached to an aromatic ring is 1. The number of esters is 1. The van der Waals surface area contributed by atoms with Crippen LogP contribution in [-0.2, 0) is 16.0 Å². The molecule has 1 atom stereocenters. The maximum absolute atomic E-state index is 13.1. The number of piperazine rings is 1. The minimum atomic E-state index is -0.755. The molecule has 1 fully saturated rings. The Kier molecular flexibility index (Phi) is 7.77. The third-order valence-electron chi connectivity index (χ3n) is 6.20. The van der Waals surface area contributed by atoms with Gasteiger partial charge in [-0.25, -0.2) is 9.78 Å². The summed E-state index contributed by atoms with van der Waals surface area (Å²) in [5, 5.41) is 3.69. The lowest BCUT2D eigenvalue weighted by atomic mass is 10.0. The van der Waals surface area contributed by atoms with E-state index >= 15 is 0 Å². The van der Waals surface area contributed by atoms with Crippen LogP contribution in [0, 0.1) is 0 Å². The number of ether oxygens (including phenoxy) is 1. The van der Waals surface area contributed by atoms with Gasteiger partial charge in [-0.2, -0.15) is 4.98 Å². The number of nitrogens with two attached hydrogens (primary N) is 1. The van der Waals surface area contributed by atoms with Crippen molar-refractivity contribution < 1.29 is 14.3 Å². The number of nitrogens with one attached hydrogen (secondary N) is 1. The number of anilines is 2. The largest absolute Gasteiger partial charge is 0.464 e. The lowest BCUT2D eigenvalue weighted by Gasteiger charge is -2.33. The highest BCUT2D eigenvalue weighted by atomic mass is 16.5. The van der Waals surface area contributed by atoms with Crippen LogP contribution in [0.15, 0.2) is 48.5 Å². The molecule has 1 unspecified atom stereocenters. The van der Waals surface area contributed by atoms with Crippen molar-refractivity contribution in [1.82, 2.24) is 20.2 Å². The summed E-state index contributed by atoms with van der Waals surface area (Å²) >= 11 is 0. The van der Waals surface area contributed by atoms with Gasteiger partial charge in [0, 0.05) is 37.1 Å². The first kappa shape index (κ1) is 24.4. The zero-order valence-electron chi connectivity index (χ0n) is 20.2. The lowest BCUT2D eigenvalue weighted by Crippen LogP contribution is -2.45. The van der Waals surface area contributed by atoms with Gasteiger partial charge >= 0.3 is 5.97 Å². The van der Waals surface area contributed by atoms with Gasteiger partial charge in [-0.15, -0.1) is 0 Å². The quantitative estimate of drug-likeness (QED) is 0.476. The van der Waals surface area contributed by atoms with E-state index in [1.165, 1.54) is 0 Å².